The number of nitrogens with one attached hydrogen (secondary N) is 2. The summed E-state index contributed by atoms with van der Waals surface area (Å²) in [6, 6.07) is 17.3. The SMILES string of the molecule is N=C1CCN(Cc2ccc(C(=O)NCc3ccccc3)cc2)C=C1C=O. The van der Waals surface area contributed by atoms with Crippen molar-refractivity contribution < 1.29 is 9.59 Å². The van der Waals surface area contributed by atoms with Crippen LogP contribution < -0.4 is 5.32 Å². The van der Waals surface area contributed by atoms with E-state index in [2.05, 4.69) is 5.32 Å². The maximum atomic E-state index is 12.2. The number of carbonyl (C=O) groups excluding carboxylic acids is 2. The van der Waals surface area contributed by atoms with Gasteiger partial charge in [-0.15, -0.1) is 0 Å². The zero-order valence-electron chi connectivity index (χ0n) is 14.4. The van der Waals surface area contributed by atoms with Crippen molar-refractivity contribution >= 4 is 17.9 Å². The van der Waals surface area contributed by atoms with Crippen LogP contribution in [0.15, 0.2) is 66.4 Å². The van der Waals surface area contributed by atoms with Gasteiger partial charge in [0.15, 0.2) is 6.29 Å². The highest BCUT2D eigenvalue weighted by molar-refractivity contribution is 6.13. The van der Waals surface area contributed by atoms with Gasteiger partial charge >= 0.3 is 0 Å². The fourth-order valence-corrected chi connectivity index (χ4v) is 2.84. The standard InChI is InChI=1S/C21H21N3O2/c22-20-10-11-24(14-19(20)15-25)13-17-6-8-18(9-7-17)21(26)23-12-16-4-2-1-3-5-16/h1-9,14-15,22H,10-13H2,(H,23,26). The van der Waals surface area contributed by atoms with E-state index in [-0.39, 0.29) is 5.91 Å². The summed E-state index contributed by atoms with van der Waals surface area (Å²) >= 11 is 0. The molecule has 0 spiro atoms. The van der Waals surface area contributed by atoms with E-state index in [4.69, 9.17) is 5.41 Å². The van der Waals surface area contributed by atoms with Gasteiger partial charge in [0.1, 0.15) is 0 Å². The molecule has 26 heavy (non-hydrogen) atoms. The first-order valence-electron chi connectivity index (χ1n) is 8.55. The molecule has 0 bridgehead atoms. The smallest absolute Gasteiger partial charge is 0.251 e. The minimum Gasteiger partial charge on any atom is -0.372 e. The first-order chi connectivity index (χ1) is 12.7. The molecule has 1 aliphatic heterocycles. The fourth-order valence-electron chi connectivity index (χ4n) is 2.84. The number of hydrogen-bond acceptors (Lipinski definition) is 4. The second kappa shape index (κ2) is 8.25. The van der Waals surface area contributed by atoms with Crippen molar-refractivity contribution in [2.24, 2.45) is 0 Å². The molecule has 2 aromatic carbocycles. The lowest BCUT2D eigenvalue weighted by molar-refractivity contribution is -0.104. The van der Waals surface area contributed by atoms with Gasteiger partial charge in [0.25, 0.3) is 5.91 Å². The van der Waals surface area contributed by atoms with Crippen molar-refractivity contribution in [1.29, 1.82) is 5.41 Å². The van der Waals surface area contributed by atoms with Crippen LogP contribution in [-0.4, -0.2) is 29.3 Å². The molecular weight excluding hydrogens is 326 g/mol. The summed E-state index contributed by atoms with van der Waals surface area (Å²) in [7, 11) is 0. The molecule has 1 aliphatic rings. The average molecular weight is 347 g/mol. The van der Waals surface area contributed by atoms with Gasteiger partial charge in [0.05, 0.1) is 5.57 Å². The Kier molecular flexibility index (Phi) is 5.59. The van der Waals surface area contributed by atoms with E-state index in [0.717, 1.165) is 24.0 Å². The van der Waals surface area contributed by atoms with Gasteiger partial charge in [-0.25, -0.2) is 0 Å². The Morgan fingerprint density at radius 1 is 1.08 bits per heavy atom. The van der Waals surface area contributed by atoms with Crippen molar-refractivity contribution in [2.75, 3.05) is 6.54 Å². The van der Waals surface area contributed by atoms with Crippen molar-refractivity contribution in [3.05, 3.63) is 83.1 Å². The van der Waals surface area contributed by atoms with E-state index in [1.807, 2.05) is 59.5 Å². The molecule has 0 fully saturated rings. The Morgan fingerprint density at radius 3 is 2.50 bits per heavy atom. The Bertz CT molecular complexity index is 826. The highest BCUT2D eigenvalue weighted by Gasteiger charge is 2.15. The maximum absolute atomic E-state index is 12.2. The summed E-state index contributed by atoms with van der Waals surface area (Å²) in [5.74, 6) is -0.102. The zero-order valence-corrected chi connectivity index (χ0v) is 14.4. The number of amides is 1. The minimum absolute atomic E-state index is 0.102. The third-order valence-corrected chi connectivity index (χ3v) is 4.34. The molecule has 132 valence electrons. The van der Waals surface area contributed by atoms with Gasteiger partial charge in [0.2, 0.25) is 0 Å². The summed E-state index contributed by atoms with van der Waals surface area (Å²) < 4.78 is 0. The van der Waals surface area contributed by atoms with Crippen LogP contribution in [0.1, 0.15) is 27.9 Å². The molecule has 0 aliphatic carbocycles. The number of hydrogen-bond donors (Lipinski definition) is 2. The molecule has 3 rings (SSSR count). The van der Waals surface area contributed by atoms with Crippen LogP contribution in [0.4, 0.5) is 0 Å². The predicted molar refractivity (Wildman–Crippen MR) is 101 cm³/mol. The van der Waals surface area contributed by atoms with Crippen molar-refractivity contribution in [2.45, 2.75) is 19.5 Å². The predicted octanol–water partition coefficient (Wildman–Crippen LogP) is 2.92. The van der Waals surface area contributed by atoms with Crippen LogP contribution in [0.2, 0.25) is 0 Å². The minimum atomic E-state index is -0.102. The second-order valence-corrected chi connectivity index (χ2v) is 6.27. The van der Waals surface area contributed by atoms with E-state index in [1.54, 1.807) is 6.20 Å². The van der Waals surface area contributed by atoms with E-state index < -0.39 is 0 Å². The quantitative estimate of drug-likeness (QED) is 0.789. The monoisotopic (exact) mass is 347 g/mol. The molecule has 0 aromatic heterocycles. The first kappa shape index (κ1) is 17.6. The third kappa shape index (κ3) is 4.45. The van der Waals surface area contributed by atoms with E-state index >= 15 is 0 Å². The Labute approximate surface area is 152 Å². The maximum Gasteiger partial charge on any atom is 0.251 e. The molecule has 0 radical (unpaired) electrons. The Hall–Kier alpha value is -3.21. The lowest BCUT2D eigenvalue weighted by Crippen LogP contribution is -2.27. The molecule has 0 atom stereocenters. The summed E-state index contributed by atoms with van der Waals surface area (Å²) in [5, 5.41) is 10.6. The number of nitrogens with zero attached hydrogens (tertiary/aromatic N) is 1. The molecule has 0 saturated carbocycles. The lowest BCUT2D eigenvalue weighted by atomic mass is 10.1. The molecule has 1 amide bonds. The van der Waals surface area contributed by atoms with Crippen LogP contribution in [0, 0.1) is 5.41 Å². The van der Waals surface area contributed by atoms with Gasteiger partial charge in [-0.1, -0.05) is 42.5 Å². The van der Waals surface area contributed by atoms with Gasteiger partial charge in [0, 0.05) is 43.5 Å². The Morgan fingerprint density at radius 2 is 1.81 bits per heavy atom. The van der Waals surface area contributed by atoms with E-state index in [9.17, 15) is 9.59 Å². The molecule has 5 nitrogen and oxygen atoms in total. The molecule has 0 unspecified atom stereocenters. The van der Waals surface area contributed by atoms with Gasteiger partial charge in [-0.05, 0) is 23.3 Å². The number of benzene rings is 2. The molecule has 2 aromatic rings. The number of allylic oxidation sites excluding steroid dienone is 1. The van der Waals surface area contributed by atoms with Crippen LogP contribution in [-0.2, 0) is 17.9 Å². The highest BCUT2D eigenvalue weighted by Crippen LogP contribution is 2.14. The van der Waals surface area contributed by atoms with Crippen molar-refractivity contribution in [3.63, 3.8) is 0 Å². The van der Waals surface area contributed by atoms with Crippen LogP contribution in [0.5, 0.6) is 0 Å². The van der Waals surface area contributed by atoms with Crippen molar-refractivity contribution in [1.82, 2.24) is 10.2 Å². The molecule has 0 saturated heterocycles. The largest absolute Gasteiger partial charge is 0.372 e. The molecule has 1 heterocycles. The first-order valence-corrected chi connectivity index (χ1v) is 8.55. The molecule has 2 N–H and O–H groups in total. The average Bonchev–Trinajstić information content (AvgIpc) is 2.69. The van der Waals surface area contributed by atoms with Crippen molar-refractivity contribution in [3.8, 4) is 0 Å². The molecule has 5 heteroatoms. The summed E-state index contributed by atoms with van der Waals surface area (Å²) in [6.07, 6.45) is 3.04. The van der Waals surface area contributed by atoms with Crippen LogP contribution in [0.3, 0.4) is 0 Å². The van der Waals surface area contributed by atoms with Gasteiger partial charge in [-0.3, -0.25) is 9.59 Å². The van der Waals surface area contributed by atoms with E-state index in [0.29, 0.717) is 36.4 Å². The number of carbonyl (C=O) groups is 2. The normalized spacial score (nSPS) is 13.9. The Balaban J connectivity index is 1.58. The fraction of sp³-hybridized carbons (Fsp3) is 0.190. The lowest BCUT2D eigenvalue weighted by Gasteiger charge is -2.25. The summed E-state index contributed by atoms with van der Waals surface area (Å²) in [4.78, 5) is 25.2. The second-order valence-electron chi connectivity index (χ2n) is 6.27. The van der Waals surface area contributed by atoms with Gasteiger partial charge < -0.3 is 15.6 Å². The third-order valence-electron chi connectivity index (χ3n) is 4.34. The van der Waals surface area contributed by atoms with Crippen LogP contribution >= 0.6 is 0 Å². The topological polar surface area (TPSA) is 73.3 Å². The summed E-state index contributed by atoms with van der Waals surface area (Å²) in [6.45, 7) is 1.87. The molecular formula is C21H21N3O2. The van der Waals surface area contributed by atoms with E-state index in [1.165, 1.54) is 0 Å². The summed E-state index contributed by atoms with van der Waals surface area (Å²) in [5.41, 5.74) is 3.56. The van der Waals surface area contributed by atoms with Crippen LogP contribution in [0.25, 0.3) is 0 Å². The number of rotatable bonds is 6. The zero-order chi connectivity index (χ0) is 18.4. The van der Waals surface area contributed by atoms with Gasteiger partial charge in [-0.2, -0.15) is 0 Å². The number of aldehydes is 1. The highest BCUT2D eigenvalue weighted by atomic mass is 16.1.